The van der Waals surface area contributed by atoms with Crippen molar-refractivity contribution < 1.29 is 4.79 Å². The fourth-order valence-corrected chi connectivity index (χ4v) is 4.84. The van der Waals surface area contributed by atoms with Crippen molar-refractivity contribution in [1.29, 1.82) is 0 Å². The Labute approximate surface area is 203 Å². The number of hydrogen-bond donors (Lipinski definition) is 1. The van der Waals surface area contributed by atoms with Crippen LogP contribution in [0.3, 0.4) is 0 Å². The molecule has 0 aromatic heterocycles. The minimum absolute atomic E-state index is 0.0187. The van der Waals surface area contributed by atoms with Crippen molar-refractivity contribution in [2.75, 3.05) is 39.3 Å². The first-order valence-corrected chi connectivity index (χ1v) is 12.4. The van der Waals surface area contributed by atoms with E-state index in [1.807, 2.05) is 18.2 Å². The van der Waals surface area contributed by atoms with E-state index in [9.17, 15) is 4.79 Å². The third-order valence-electron chi connectivity index (χ3n) is 6.38. The summed E-state index contributed by atoms with van der Waals surface area (Å²) in [6.45, 7) is 6.07. The van der Waals surface area contributed by atoms with Crippen molar-refractivity contribution in [3.8, 4) is 0 Å². The largest absolute Gasteiger partial charge is 0.352 e. The molecule has 0 unspecified atom stereocenters. The highest BCUT2D eigenvalue weighted by molar-refractivity contribution is 7.80. The number of piperazine rings is 1. The summed E-state index contributed by atoms with van der Waals surface area (Å²) >= 11 is 5.19. The Morgan fingerprint density at radius 3 is 2.15 bits per heavy atom. The maximum atomic E-state index is 12.2. The highest BCUT2D eigenvalue weighted by atomic mass is 32.1. The van der Waals surface area contributed by atoms with E-state index in [4.69, 9.17) is 12.2 Å². The molecule has 1 N–H and O–H groups in total. The summed E-state index contributed by atoms with van der Waals surface area (Å²) in [6.07, 6.45) is 8.47. The molecule has 1 aliphatic heterocycles. The molecule has 2 aliphatic rings. The van der Waals surface area contributed by atoms with Crippen LogP contribution < -0.4 is 5.32 Å². The second-order valence-corrected chi connectivity index (χ2v) is 9.26. The lowest BCUT2D eigenvalue weighted by Gasteiger charge is -2.39. The fraction of sp³-hybridized carbons (Fsp3) is 0.357. The molecule has 0 atom stereocenters. The highest BCUT2D eigenvalue weighted by Crippen LogP contribution is 2.29. The first-order valence-electron chi connectivity index (χ1n) is 12.0. The third kappa shape index (κ3) is 6.70. The molecule has 0 bridgehead atoms. The van der Waals surface area contributed by atoms with Crippen LogP contribution in [-0.4, -0.2) is 59.8 Å². The quantitative estimate of drug-likeness (QED) is 0.441. The number of allylic oxidation sites excluding steroid dienone is 2. The van der Waals surface area contributed by atoms with Crippen molar-refractivity contribution in [2.24, 2.45) is 0 Å². The Kier molecular flexibility index (Phi) is 8.59. The van der Waals surface area contributed by atoms with E-state index in [2.05, 4.69) is 75.8 Å². The average molecular weight is 460 g/mol. The molecular formula is C28H33N3OS. The Balaban J connectivity index is 1.21. The molecule has 1 fully saturated rings. The molecule has 1 saturated heterocycles. The summed E-state index contributed by atoms with van der Waals surface area (Å²) in [5.74, 6) is -0.0187. The van der Waals surface area contributed by atoms with Gasteiger partial charge in [0.05, 0.1) is 6.04 Å². The van der Waals surface area contributed by atoms with Crippen LogP contribution in [0.1, 0.15) is 36.4 Å². The predicted molar refractivity (Wildman–Crippen MR) is 139 cm³/mol. The summed E-state index contributed by atoms with van der Waals surface area (Å²) < 4.78 is 0. The number of nitrogens with one attached hydrogen (secondary N) is 1. The smallest absolute Gasteiger partial charge is 0.251 e. The van der Waals surface area contributed by atoms with Crippen molar-refractivity contribution in [3.05, 3.63) is 95.6 Å². The molecule has 2 aromatic rings. The second-order valence-electron chi connectivity index (χ2n) is 8.74. The summed E-state index contributed by atoms with van der Waals surface area (Å²) in [5, 5.41) is 3.02. The van der Waals surface area contributed by atoms with E-state index in [0.717, 1.165) is 56.9 Å². The normalized spacial score (nSPS) is 17.2. The van der Waals surface area contributed by atoms with Crippen LogP contribution >= 0.6 is 12.2 Å². The number of thiocarbonyl (C=S) groups is 1. The maximum Gasteiger partial charge on any atom is 0.251 e. The highest BCUT2D eigenvalue weighted by Gasteiger charge is 2.26. The zero-order valence-corrected chi connectivity index (χ0v) is 20.0. The van der Waals surface area contributed by atoms with Gasteiger partial charge >= 0.3 is 0 Å². The zero-order valence-electron chi connectivity index (χ0n) is 19.2. The Bertz CT molecular complexity index is 939. The van der Waals surface area contributed by atoms with Crippen LogP contribution in [0.25, 0.3) is 0 Å². The van der Waals surface area contributed by atoms with Crippen molar-refractivity contribution in [2.45, 2.75) is 25.3 Å². The van der Waals surface area contributed by atoms with Gasteiger partial charge < -0.3 is 10.2 Å². The molecule has 4 nitrogen and oxygen atoms in total. The van der Waals surface area contributed by atoms with Gasteiger partial charge in [-0.3, -0.25) is 9.69 Å². The summed E-state index contributed by atoms with van der Waals surface area (Å²) in [6, 6.07) is 22.0. The first kappa shape index (κ1) is 23.6. The Morgan fingerprint density at radius 2 is 1.55 bits per heavy atom. The van der Waals surface area contributed by atoms with Gasteiger partial charge in [0.2, 0.25) is 0 Å². The number of benzene rings is 2. The predicted octanol–water partition coefficient (Wildman–Crippen LogP) is 4.55. The summed E-state index contributed by atoms with van der Waals surface area (Å²) in [5.41, 5.74) is 3.39. The first-order chi connectivity index (χ1) is 16.2. The molecule has 2 aromatic carbocycles. The molecule has 0 saturated carbocycles. The van der Waals surface area contributed by atoms with E-state index in [0.29, 0.717) is 18.2 Å². The van der Waals surface area contributed by atoms with E-state index >= 15 is 0 Å². The van der Waals surface area contributed by atoms with Gasteiger partial charge in [-0.05, 0) is 36.6 Å². The van der Waals surface area contributed by atoms with Crippen LogP contribution in [0.4, 0.5) is 0 Å². The summed E-state index contributed by atoms with van der Waals surface area (Å²) in [4.78, 5) is 18.2. The molecule has 172 valence electrons. The SMILES string of the molecule is O=C(NCCCCN1CCN(C(c2ccccc2)c2ccccc2)CC1)C1=CC(=S)CC=C1. The van der Waals surface area contributed by atoms with Crippen LogP contribution in [0.5, 0.6) is 0 Å². The lowest BCUT2D eigenvalue weighted by atomic mass is 9.96. The minimum Gasteiger partial charge on any atom is -0.352 e. The van der Waals surface area contributed by atoms with Crippen molar-refractivity contribution in [3.63, 3.8) is 0 Å². The maximum absolute atomic E-state index is 12.2. The van der Waals surface area contributed by atoms with Gasteiger partial charge in [-0.1, -0.05) is 85.0 Å². The average Bonchev–Trinajstić information content (AvgIpc) is 2.86. The number of nitrogens with zero attached hydrogens (tertiary/aromatic N) is 2. The Morgan fingerprint density at radius 1 is 0.909 bits per heavy atom. The molecule has 5 heteroatoms. The molecule has 0 spiro atoms. The number of hydrogen-bond acceptors (Lipinski definition) is 4. The standard InChI is InChI=1S/C28H33N3OS/c32-28(25-14-9-15-26(33)22-25)29-16-7-8-17-30-18-20-31(21-19-30)27(23-10-3-1-4-11-23)24-12-5-2-6-13-24/h1-6,9-14,22,27H,7-8,15-21H2,(H,29,32). The van der Waals surface area contributed by atoms with Crippen LogP contribution in [0, 0.1) is 0 Å². The molecule has 0 radical (unpaired) electrons. The fourth-order valence-electron chi connectivity index (χ4n) is 4.62. The van der Waals surface area contributed by atoms with Gasteiger partial charge in [-0.15, -0.1) is 0 Å². The topological polar surface area (TPSA) is 35.6 Å². The zero-order chi connectivity index (χ0) is 22.9. The number of carbonyl (C=O) groups excluding carboxylic acids is 1. The van der Waals surface area contributed by atoms with E-state index in [1.54, 1.807) is 0 Å². The van der Waals surface area contributed by atoms with Crippen LogP contribution in [0.2, 0.25) is 0 Å². The lowest BCUT2D eigenvalue weighted by Crippen LogP contribution is -2.48. The molecular weight excluding hydrogens is 426 g/mol. The molecule has 1 heterocycles. The number of rotatable bonds is 9. The van der Waals surface area contributed by atoms with Crippen LogP contribution in [0.15, 0.2) is 84.5 Å². The second kappa shape index (κ2) is 12.0. The van der Waals surface area contributed by atoms with E-state index in [1.165, 1.54) is 11.1 Å². The summed E-state index contributed by atoms with van der Waals surface area (Å²) in [7, 11) is 0. The monoisotopic (exact) mass is 459 g/mol. The van der Waals surface area contributed by atoms with Crippen LogP contribution in [-0.2, 0) is 4.79 Å². The molecule has 1 aliphatic carbocycles. The minimum atomic E-state index is -0.0187. The molecule has 4 rings (SSSR count). The van der Waals surface area contributed by atoms with Gasteiger partial charge in [0.15, 0.2) is 0 Å². The third-order valence-corrected chi connectivity index (χ3v) is 6.67. The van der Waals surface area contributed by atoms with Gasteiger partial charge in [0.25, 0.3) is 5.91 Å². The van der Waals surface area contributed by atoms with Gasteiger partial charge in [0, 0.05) is 49.6 Å². The Hall–Kier alpha value is -2.60. The molecule has 33 heavy (non-hydrogen) atoms. The molecule has 1 amide bonds. The number of amides is 1. The number of unbranched alkanes of at least 4 members (excludes halogenated alkanes) is 1. The van der Waals surface area contributed by atoms with Crippen molar-refractivity contribution >= 4 is 23.0 Å². The van der Waals surface area contributed by atoms with Gasteiger partial charge in [0.1, 0.15) is 0 Å². The number of carbonyl (C=O) groups is 1. The van der Waals surface area contributed by atoms with Crippen molar-refractivity contribution in [1.82, 2.24) is 15.1 Å². The lowest BCUT2D eigenvalue weighted by molar-refractivity contribution is -0.117. The van der Waals surface area contributed by atoms with Gasteiger partial charge in [-0.2, -0.15) is 0 Å². The van der Waals surface area contributed by atoms with E-state index < -0.39 is 0 Å². The van der Waals surface area contributed by atoms with Gasteiger partial charge in [-0.25, -0.2) is 0 Å². The van der Waals surface area contributed by atoms with E-state index in [-0.39, 0.29) is 5.91 Å².